The molecule has 2 aromatic rings. The number of halogens is 1. The van der Waals surface area contributed by atoms with Gasteiger partial charge in [0.15, 0.2) is 0 Å². The summed E-state index contributed by atoms with van der Waals surface area (Å²) < 4.78 is 35.7. The van der Waals surface area contributed by atoms with Crippen LogP contribution in [0.1, 0.15) is 67.4 Å². The Kier molecular flexibility index (Phi) is 9.29. The van der Waals surface area contributed by atoms with Crippen LogP contribution in [0, 0.1) is 23.2 Å². The van der Waals surface area contributed by atoms with E-state index in [0.29, 0.717) is 36.0 Å². The summed E-state index contributed by atoms with van der Waals surface area (Å²) in [6, 6.07) is 12.0. The molecule has 2 aromatic carbocycles. The number of carbonyl (C=O) groups is 1. The van der Waals surface area contributed by atoms with Crippen LogP contribution < -0.4 is 14.4 Å². The average molecular weight is 722 g/mol. The minimum atomic E-state index is -2.92. The molecule has 1 saturated carbocycles. The summed E-state index contributed by atoms with van der Waals surface area (Å²) in [6.45, 7) is 11.8. The van der Waals surface area contributed by atoms with Crippen LogP contribution in [-0.4, -0.2) is 91.4 Å². The highest BCUT2D eigenvalue weighted by molar-refractivity contribution is 7.99. The second-order valence-electron chi connectivity index (χ2n) is 16.3. The van der Waals surface area contributed by atoms with E-state index in [1.807, 2.05) is 25.1 Å². The van der Waals surface area contributed by atoms with E-state index in [9.17, 15) is 9.00 Å². The molecule has 8 rings (SSSR count). The maximum Gasteiger partial charge on any atom is 0.262 e. The van der Waals surface area contributed by atoms with Crippen LogP contribution in [0.3, 0.4) is 0 Å². The summed E-state index contributed by atoms with van der Waals surface area (Å²) >= 11 is 6.49. The monoisotopic (exact) mass is 721 g/mol. The Labute approximate surface area is 303 Å². The lowest BCUT2D eigenvalue weighted by Gasteiger charge is -2.55. The Morgan fingerprint density at radius 1 is 1.10 bits per heavy atom. The number of nitrogens with zero attached hydrogens (tertiary/aromatic N) is 2. The number of likely N-dealkylation sites (tertiary alicyclic amines) is 1. The van der Waals surface area contributed by atoms with Crippen molar-refractivity contribution in [3.63, 3.8) is 0 Å². The zero-order valence-corrected chi connectivity index (χ0v) is 31.1. The minimum absolute atomic E-state index is 0.00999. The number of rotatable bonds is 4. The molecule has 0 aromatic heterocycles. The van der Waals surface area contributed by atoms with Crippen LogP contribution in [0.2, 0.25) is 5.02 Å². The van der Waals surface area contributed by atoms with E-state index in [0.717, 1.165) is 101 Å². The van der Waals surface area contributed by atoms with Gasteiger partial charge in [0, 0.05) is 59.4 Å². The molecule has 2 aliphatic carbocycles. The number of carbonyl (C=O) groups excluding carboxylic acids is 1. The molecule has 1 N–H and O–H groups in total. The second kappa shape index (κ2) is 13.4. The molecule has 4 aliphatic heterocycles. The summed E-state index contributed by atoms with van der Waals surface area (Å²) in [4.78, 5) is 18.7. The predicted molar refractivity (Wildman–Crippen MR) is 201 cm³/mol. The molecule has 2 bridgehead atoms. The van der Waals surface area contributed by atoms with Crippen molar-refractivity contribution in [2.75, 3.05) is 64.1 Å². The molecule has 1 amide bonds. The maximum atomic E-state index is 13.9. The van der Waals surface area contributed by atoms with Gasteiger partial charge in [-0.1, -0.05) is 36.7 Å². The van der Waals surface area contributed by atoms with Crippen molar-refractivity contribution in [3.05, 3.63) is 70.3 Å². The number of nitrogens with one attached hydrogen (secondary N) is 1. The minimum Gasteiger partial charge on any atom is -0.490 e. The zero-order chi connectivity index (χ0) is 34.7. The van der Waals surface area contributed by atoms with Crippen molar-refractivity contribution < 1.29 is 23.2 Å². The van der Waals surface area contributed by atoms with Crippen molar-refractivity contribution >= 4 is 38.8 Å². The third kappa shape index (κ3) is 6.51. The average Bonchev–Trinajstić information content (AvgIpc) is 3.18. The number of fused-ring (bicyclic) bond motifs is 4. The standard InChI is InChI=1S/C40H52ClN3O5S/c1-27-6-4-8-36(48-17-16-43-21-39(22-43)24-47-25-39)33-12-9-31(33)20-44-23-40(15-5-7-29-18-32(41)11-13-34(29)40)26-49-37-14-10-30(19-35(37)44)38(45)42-50(3,46)28(27)2/h4,8,10-11,13-14,18-19,27-28,31,33,36H,3,5-7,9,12,15-17,20-26H2,1-2H3,(H,42,45,46)/b8-4+/t27-,28+,31-,33+,36-,40-,50?/m0/s1. The highest BCUT2D eigenvalue weighted by Gasteiger charge is 2.49. The zero-order valence-electron chi connectivity index (χ0n) is 29.5. The molecule has 270 valence electrons. The Bertz CT molecular complexity index is 1750. The van der Waals surface area contributed by atoms with E-state index < -0.39 is 9.71 Å². The number of anilines is 1. The molecule has 6 aliphatic rings. The smallest absolute Gasteiger partial charge is 0.262 e. The number of amides is 1. The molecular formula is C40H52ClN3O5S. The molecule has 1 unspecified atom stereocenters. The van der Waals surface area contributed by atoms with Gasteiger partial charge < -0.3 is 19.1 Å². The van der Waals surface area contributed by atoms with Gasteiger partial charge in [-0.15, -0.1) is 0 Å². The largest absolute Gasteiger partial charge is 0.490 e. The van der Waals surface area contributed by atoms with Crippen molar-refractivity contribution in [1.82, 2.24) is 9.62 Å². The lowest BCUT2D eigenvalue weighted by Crippen LogP contribution is -2.66. The highest BCUT2D eigenvalue weighted by atomic mass is 35.5. The maximum absolute atomic E-state index is 13.9. The van der Waals surface area contributed by atoms with Gasteiger partial charge in [-0.2, -0.15) is 0 Å². The summed E-state index contributed by atoms with van der Waals surface area (Å²) in [5, 5.41) is 0.460. The SMILES string of the molecule is C=S1(=O)NC(=O)c2ccc3c(c2)N(C[C@@H]2CC[C@H]2[C@@H](OCCN2CC4(COC4)C2)/C=C/C[C@H](C)[C@H]1C)C[C@@]1(CCCc2cc(Cl)ccc21)CO3. The molecule has 0 radical (unpaired) electrons. The summed E-state index contributed by atoms with van der Waals surface area (Å²) in [5.41, 5.74) is 4.21. The fourth-order valence-corrected chi connectivity index (χ4v) is 11.0. The van der Waals surface area contributed by atoms with E-state index in [1.54, 1.807) is 6.07 Å². The van der Waals surface area contributed by atoms with E-state index >= 15 is 0 Å². The van der Waals surface area contributed by atoms with Gasteiger partial charge in [0.05, 0.1) is 47.9 Å². The van der Waals surface area contributed by atoms with Crippen molar-refractivity contribution in [2.24, 2.45) is 23.2 Å². The van der Waals surface area contributed by atoms with Crippen LogP contribution in [0.15, 0.2) is 48.6 Å². The Balaban J connectivity index is 1.11. The Morgan fingerprint density at radius 2 is 1.94 bits per heavy atom. The lowest BCUT2D eigenvalue weighted by molar-refractivity contribution is -0.192. The van der Waals surface area contributed by atoms with Gasteiger partial charge in [-0.25, -0.2) is 4.21 Å². The fraction of sp³-hybridized carbons (Fsp3) is 0.600. The lowest BCUT2D eigenvalue weighted by atomic mass is 9.68. The van der Waals surface area contributed by atoms with Gasteiger partial charge in [-0.3, -0.25) is 14.4 Å². The number of hydrogen-bond donors (Lipinski definition) is 1. The number of ether oxygens (including phenoxy) is 3. The molecule has 8 nitrogen and oxygen atoms in total. The van der Waals surface area contributed by atoms with Gasteiger partial charge >= 0.3 is 0 Å². The molecule has 2 saturated heterocycles. The summed E-state index contributed by atoms with van der Waals surface area (Å²) in [6.07, 6.45) is 10.6. The van der Waals surface area contributed by atoms with Crippen molar-refractivity contribution in [2.45, 2.75) is 69.1 Å². The number of benzene rings is 2. The Hall–Kier alpha value is -2.56. The molecule has 2 spiro atoms. The second-order valence-corrected chi connectivity index (χ2v) is 19.2. The van der Waals surface area contributed by atoms with Crippen molar-refractivity contribution in [1.29, 1.82) is 0 Å². The van der Waals surface area contributed by atoms with Gasteiger partial charge in [0.2, 0.25) is 0 Å². The van der Waals surface area contributed by atoms with E-state index in [-0.39, 0.29) is 28.6 Å². The van der Waals surface area contributed by atoms with E-state index in [1.165, 1.54) is 11.1 Å². The number of allylic oxidation sites excluding steroid dienone is 1. The van der Waals surface area contributed by atoms with Gasteiger partial charge in [-0.05, 0) is 111 Å². The van der Waals surface area contributed by atoms with Crippen LogP contribution >= 0.6 is 11.6 Å². The van der Waals surface area contributed by atoms with Gasteiger partial charge in [0.25, 0.3) is 5.91 Å². The molecule has 4 heterocycles. The topological polar surface area (TPSA) is 80.3 Å². The summed E-state index contributed by atoms with van der Waals surface area (Å²) in [7, 11) is -2.92. The normalized spacial score (nSPS) is 35.7. The molecule has 10 heteroatoms. The Morgan fingerprint density at radius 3 is 2.70 bits per heavy atom. The molecule has 50 heavy (non-hydrogen) atoms. The first-order valence-electron chi connectivity index (χ1n) is 18.6. The fourth-order valence-electron chi connectivity index (χ4n) is 9.37. The quantitative estimate of drug-likeness (QED) is 0.311. The number of aryl methyl sites for hydroxylation is 1. The number of hydrogen-bond acceptors (Lipinski definition) is 7. The molecule has 3 fully saturated rings. The predicted octanol–water partition coefficient (Wildman–Crippen LogP) is 5.90. The first kappa shape index (κ1) is 34.5. The third-order valence-corrected chi connectivity index (χ3v) is 15.2. The first-order chi connectivity index (χ1) is 24.0. The first-order valence-corrected chi connectivity index (χ1v) is 20.8. The molecular weight excluding hydrogens is 670 g/mol. The van der Waals surface area contributed by atoms with Crippen LogP contribution in [-0.2, 0) is 31.0 Å². The highest BCUT2D eigenvalue weighted by Crippen LogP contribution is 2.47. The van der Waals surface area contributed by atoms with Crippen LogP contribution in [0.5, 0.6) is 5.75 Å². The third-order valence-electron chi connectivity index (χ3n) is 12.8. The van der Waals surface area contributed by atoms with Gasteiger partial charge in [0.1, 0.15) is 5.75 Å². The van der Waals surface area contributed by atoms with Crippen LogP contribution in [0.25, 0.3) is 0 Å². The van der Waals surface area contributed by atoms with E-state index in [2.05, 4.69) is 51.6 Å². The van der Waals surface area contributed by atoms with Crippen molar-refractivity contribution in [3.8, 4) is 5.75 Å². The van der Waals surface area contributed by atoms with E-state index in [4.69, 9.17) is 25.8 Å². The summed E-state index contributed by atoms with van der Waals surface area (Å²) in [5.74, 6) is 5.34. The van der Waals surface area contributed by atoms with Crippen LogP contribution in [0.4, 0.5) is 5.69 Å². The molecule has 7 atom stereocenters.